The van der Waals surface area contributed by atoms with Gasteiger partial charge in [0.15, 0.2) is 0 Å². The zero-order valence-electron chi connectivity index (χ0n) is 18.0. The van der Waals surface area contributed by atoms with Crippen molar-refractivity contribution in [1.29, 1.82) is 0 Å². The zero-order chi connectivity index (χ0) is 22.3. The van der Waals surface area contributed by atoms with Crippen LogP contribution in [0.1, 0.15) is 18.2 Å². The van der Waals surface area contributed by atoms with E-state index in [1.165, 1.54) is 11.8 Å². The summed E-state index contributed by atoms with van der Waals surface area (Å²) in [5, 5.41) is 4.67. The first-order chi connectivity index (χ1) is 15.6. The lowest BCUT2D eigenvalue weighted by Crippen LogP contribution is -2.14. The minimum absolute atomic E-state index is 0.154. The fourth-order valence-corrected chi connectivity index (χ4v) is 4.16. The number of para-hydroxylation sites is 1. The fourth-order valence-electron chi connectivity index (χ4n) is 3.23. The molecule has 0 radical (unpaired) electrons. The number of nitrogens with zero attached hydrogens (tertiary/aromatic N) is 2. The van der Waals surface area contributed by atoms with Gasteiger partial charge >= 0.3 is 5.97 Å². The molecule has 0 unspecified atom stereocenters. The molecule has 0 saturated carbocycles. The molecule has 0 bridgehead atoms. The van der Waals surface area contributed by atoms with Crippen molar-refractivity contribution >= 4 is 17.7 Å². The zero-order valence-corrected chi connectivity index (χ0v) is 18.8. The second-order valence-electron chi connectivity index (χ2n) is 7.11. The number of hydrogen-bond donors (Lipinski definition) is 0. The van der Waals surface area contributed by atoms with Crippen molar-refractivity contribution in [3.63, 3.8) is 0 Å². The standard InChI is InChI=1S/C26H24N2O3S/c1-3-30-22-16-14-20(15-17-22)18-24(29)31-26-25(32-23-12-8-5-9-13-23)19(2)27-28(26)21-10-6-4-7-11-21/h4-17H,3,18H2,1-2H3. The number of rotatable bonds is 8. The lowest BCUT2D eigenvalue weighted by molar-refractivity contribution is -0.134. The molecule has 32 heavy (non-hydrogen) atoms. The van der Waals surface area contributed by atoms with Crippen molar-refractivity contribution in [3.8, 4) is 17.3 Å². The number of esters is 1. The molecule has 4 rings (SSSR count). The Labute approximate surface area is 192 Å². The smallest absolute Gasteiger partial charge is 0.317 e. The third-order valence-corrected chi connectivity index (χ3v) is 5.90. The Morgan fingerprint density at radius 2 is 1.59 bits per heavy atom. The van der Waals surface area contributed by atoms with Gasteiger partial charge in [-0.2, -0.15) is 9.78 Å². The third-order valence-electron chi connectivity index (χ3n) is 4.72. The molecule has 0 fully saturated rings. The second kappa shape index (κ2) is 10.2. The summed E-state index contributed by atoms with van der Waals surface area (Å²) >= 11 is 1.53. The molecular weight excluding hydrogens is 420 g/mol. The van der Waals surface area contributed by atoms with Crippen LogP contribution in [-0.2, 0) is 11.2 Å². The van der Waals surface area contributed by atoms with Crippen molar-refractivity contribution in [1.82, 2.24) is 9.78 Å². The Hall–Kier alpha value is -3.51. The highest BCUT2D eigenvalue weighted by Gasteiger charge is 2.22. The lowest BCUT2D eigenvalue weighted by Gasteiger charge is -2.11. The van der Waals surface area contributed by atoms with E-state index in [2.05, 4.69) is 5.10 Å². The van der Waals surface area contributed by atoms with Crippen LogP contribution in [-0.4, -0.2) is 22.4 Å². The van der Waals surface area contributed by atoms with Gasteiger partial charge in [0.1, 0.15) is 5.75 Å². The predicted octanol–water partition coefficient (Wildman–Crippen LogP) is 5.88. The number of aryl methyl sites for hydroxylation is 1. The first-order valence-corrected chi connectivity index (χ1v) is 11.3. The van der Waals surface area contributed by atoms with Crippen LogP contribution < -0.4 is 9.47 Å². The van der Waals surface area contributed by atoms with E-state index in [9.17, 15) is 4.79 Å². The molecule has 0 aliphatic carbocycles. The second-order valence-corrected chi connectivity index (χ2v) is 8.19. The van der Waals surface area contributed by atoms with E-state index in [4.69, 9.17) is 9.47 Å². The highest BCUT2D eigenvalue weighted by Crippen LogP contribution is 2.39. The number of aromatic nitrogens is 2. The molecule has 5 nitrogen and oxygen atoms in total. The summed E-state index contributed by atoms with van der Waals surface area (Å²) in [5.74, 6) is 0.864. The normalized spacial score (nSPS) is 10.7. The van der Waals surface area contributed by atoms with Crippen molar-refractivity contribution < 1.29 is 14.3 Å². The van der Waals surface area contributed by atoms with E-state index in [1.54, 1.807) is 4.68 Å². The summed E-state index contributed by atoms with van der Waals surface area (Å²) in [6, 6.07) is 27.2. The Morgan fingerprint density at radius 3 is 2.25 bits per heavy atom. The molecular formula is C26H24N2O3S. The quantitative estimate of drug-likeness (QED) is 0.318. The Kier molecular flexibility index (Phi) is 6.92. The van der Waals surface area contributed by atoms with Crippen LogP contribution in [0.25, 0.3) is 5.69 Å². The van der Waals surface area contributed by atoms with Gasteiger partial charge < -0.3 is 9.47 Å². The van der Waals surface area contributed by atoms with Crippen LogP contribution in [0.15, 0.2) is 94.7 Å². The van der Waals surface area contributed by atoms with Crippen LogP contribution in [0.5, 0.6) is 11.6 Å². The van der Waals surface area contributed by atoms with Crippen molar-refractivity contribution in [2.24, 2.45) is 0 Å². The van der Waals surface area contributed by atoms with E-state index in [0.29, 0.717) is 12.5 Å². The number of carbonyl (C=O) groups excluding carboxylic acids is 1. The summed E-state index contributed by atoms with van der Waals surface area (Å²) in [5.41, 5.74) is 2.49. The topological polar surface area (TPSA) is 53.4 Å². The van der Waals surface area contributed by atoms with Gasteiger partial charge in [-0.05, 0) is 55.8 Å². The van der Waals surface area contributed by atoms with Crippen LogP contribution in [0.3, 0.4) is 0 Å². The summed E-state index contributed by atoms with van der Waals surface area (Å²) in [7, 11) is 0. The van der Waals surface area contributed by atoms with Crippen LogP contribution in [0.4, 0.5) is 0 Å². The Morgan fingerprint density at radius 1 is 0.938 bits per heavy atom. The van der Waals surface area contributed by atoms with Crippen LogP contribution >= 0.6 is 11.8 Å². The third kappa shape index (κ3) is 5.21. The maximum atomic E-state index is 12.9. The summed E-state index contributed by atoms with van der Waals surface area (Å²) < 4.78 is 13.1. The Bertz CT molecular complexity index is 1170. The highest BCUT2D eigenvalue weighted by atomic mass is 32.2. The van der Waals surface area contributed by atoms with Gasteiger partial charge in [-0.25, -0.2) is 0 Å². The largest absolute Gasteiger partial charge is 0.494 e. The van der Waals surface area contributed by atoms with Gasteiger partial charge in [-0.3, -0.25) is 4.79 Å². The summed E-state index contributed by atoms with van der Waals surface area (Å²) in [4.78, 5) is 14.8. The average Bonchev–Trinajstić information content (AvgIpc) is 3.11. The van der Waals surface area contributed by atoms with Gasteiger partial charge in [0.05, 0.1) is 29.3 Å². The van der Waals surface area contributed by atoms with Crippen molar-refractivity contribution in [2.75, 3.05) is 6.61 Å². The number of ether oxygens (including phenoxy) is 2. The van der Waals surface area contributed by atoms with Gasteiger partial charge in [0.25, 0.3) is 0 Å². The molecule has 0 aliphatic heterocycles. The summed E-state index contributed by atoms with van der Waals surface area (Å²) in [6.45, 7) is 4.47. The molecule has 6 heteroatoms. The lowest BCUT2D eigenvalue weighted by atomic mass is 10.1. The van der Waals surface area contributed by atoms with Gasteiger partial charge in [0, 0.05) is 4.90 Å². The molecule has 0 atom stereocenters. The van der Waals surface area contributed by atoms with E-state index < -0.39 is 0 Å². The molecule has 0 saturated heterocycles. The SMILES string of the molecule is CCOc1ccc(CC(=O)Oc2c(Sc3ccccc3)c(C)nn2-c2ccccc2)cc1. The molecule has 1 heterocycles. The first kappa shape index (κ1) is 21.7. The molecule has 162 valence electrons. The van der Waals surface area contributed by atoms with E-state index in [-0.39, 0.29) is 12.4 Å². The molecule has 0 amide bonds. The van der Waals surface area contributed by atoms with E-state index in [0.717, 1.165) is 32.5 Å². The van der Waals surface area contributed by atoms with Crippen molar-refractivity contribution in [3.05, 3.63) is 96.2 Å². The fraction of sp³-hybridized carbons (Fsp3) is 0.154. The maximum Gasteiger partial charge on any atom is 0.317 e. The molecule has 3 aromatic carbocycles. The van der Waals surface area contributed by atoms with Gasteiger partial charge in [-0.15, -0.1) is 0 Å². The maximum absolute atomic E-state index is 12.9. The van der Waals surface area contributed by atoms with E-state index in [1.807, 2.05) is 98.8 Å². The minimum Gasteiger partial charge on any atom is -0.494 e. The van der Waals surface area contributed by atoms with Gasteiger partial charge in [-0.1, -0.05) is 60.3 Å². The van der Waals surface area contributed by atoms with Crippen molar-refractivity contribution in [2.45, 2.75) is 30.1 Å². The minimum atomic E-state index is -0.346. The number of hydrogen-bond acceptors (Lipinski definition) is 5. The summed E-state index contributed by atoms with van der Waals surface area (Å²) in [6.07, 6.45) is 0.154. The predicted molar refractivity (Wildman–Crippen MR) is 126 cm³/mol. The Balaban J connectivity index is 1.62. The van der Waals surface area contributed by atoms with Crippen LogP contribution in [0.2, 0.25) is 0 Å². The monoisotopic (exact) mass is 444 g/mol. The van der Waals surface area contributed by atoms with E-state index >= 15 is 0 Å². The number of carbonyl (C=O) groups is 1. The van der Waals surface area contributed by atoms with Crippen LogP contribution in [0, 0.1) is 6.92 Å². The molecule has 1 aromatic heterocycles. The molecule has 0 spiro atoms. The first-order valence-electron chi connectivity index (χ1n) is 10.4. The molecule has 0 N–H and O–H groups in total. The van der Waals surface area contributed by atoms with Gasteiger partial charge in [0.2, 0.25) is 5.88 Å². The molecule has 4 aromatic rings. The highest BCUT2D eigenvalue weighted by molar-refractivity contribution is 7.99. The molecule has 0 aliphatic rings. The average molecular weight is 445 g/mol. The number of benzene rings is 3.